The summed E-state index contributed by atoms with van der Waals surface area (Å²) in [6.07, 6.45) is 1.73. The van der Waals surface area contributed by atoms with Crippen molar-refractivity contribution in [1.82, 2.24) is 0 Å². The predicted molar refractivity (Wildman–Crippen MR) is 89.3 cm³/mol. The second-order valence-electron chi connectivity index (χ2n) is 4.22. The second kappa shape index (κ2) is 7.00. The molecule has 0 fully saturated rings. The van der Waals surface area contributed by atoms with E-state index < -0.39 is 10.8 Å². The first-order valence-corrected chi connectivity index (χ1v) is 7.99. The summed E-state index contributed by atoms with van der Waals surface area (Å²) in [6, 6.07) is 8.96. The number of thioether (sulfide) groups is 1. The summed E-state index contributed by atoms with van der Waals surface area (Å²) in [5, 5.41) is 14.4. The lowest BCUT2D eigenvalue weighted by molar-refractivity contribution is -0.387. The van der Waals surface area contributed by atoms with E-state index in [-0.39, 0.29) is 16.3 Å². The number of amides is 1. The van der Waals surface area contributed by atoms with Crippen LogP contribution < -0.4 is 5.32 Å². The van der Waals surface area contributed by atoms with Crippen LogP contribution in [0.4, 0.5) is 11.4 Å². The summed E-state index contributed by atoms with van der Waals surface area (Å²) in [4.78, 5) is 23.2. The molecule has 2 aromatic carbocycles. The minimum Gasteiger partial charge on any atom is -0.321 e. The zero-order valence-electron chi connectivity index (χ0n) is 11.3. The van der Waals surface area contributed by atoms with Crippen molar-refractivity contribution in [3.05, 3.63) is 62.1 Å². The highest BCUT2D eigenvalue weighted by atomic mass is 35.5. The van der Waals surface area contributed by atoms with Crippen molar-refractivity contribution in [2.45, 2.75) is 4.90 Å². The van der Waals surface area contributed by atoms with Crippen LogP contribution in [0, 0.1) is 10.1 Å². The molecule has 1 N–H and O–H groups in total. The average molecular weight is 357 g/mol. The summed E-state index contributed by atoms with van der Waals surface area (Å²) in [6.45, 7) is 0. The molecule has 0 aliphatic rings. The molecule has 0 aliphatic heterocycles. The number of rotatable bonds is 4. The van der Waals surface area contributed by atoms with Crippen molar-refractivity contribution in [2.75, 3.05) is 11.6 Å². The van der Waals surface area contributed by atoms with E-state index in [4.69, 9.17) is 23.2 Å². The fourth-order valence-electron chi connectivity index (χ4n) is 1.76. The van der Waals surface area contributed by atoms with E-state index in [0.717, 1.165) is 0 Å². The van der Waals surface area contributed by atoms with Crippen molar-refractivity contribution < 1.29 is 9.72 Å². The van der Waals surface area contributed by atoms with Gasteiger partial charge in [0.1, 0.15) is 0 Å². The molecule has 0 atom stereocenters. The molecule has 0 heterocycles. The number of carbonyl (C=O) groups excluding carboxylic acids is 1. The largest absolute Gasteiger partial charge is 0.321 e. The molecule has 0 aliphatic carbocycles. The quantitative estimate of drug-likeness (QED) is 0.481. The van der Waals surface area contributed by atoms with E-state index in [2.05, 4.69) is 5.32 Å². The van der Waals surface area contributed by atoms with Crippen LogP contribution in [0.3, 0.4) is 0 Å². The Morgan fingerprint density at radius 2 is 1.95 bits per heavy atom. The smallest absolute Gasteiger partial charge is 0.283 e. The normalized spacial score (nSPS) is 10.3. The topological polar surface area (TPSA) is 72.2 Å². The van der Waals surface area contributed by atoms with Crippen LogP contribution in [0.25, 0.3) is 0 Å². The van der Waals surface area contributed by atoms with Gasteiger partial charge in [-0.15, -0.1) is 11.8 Å². The lowest BCUT2D eigenvalue weighted by atomic mass is 10.2. The van der Waals surface area contributed by atoms with Gasteiger partial charge in [0.05, 0.1) is 20.5 Å². The Morgan fingerprint density at radius 1 is 1.23 bits per heavy atom. The maximum Gasteiger partial charge on any atom is 0.283 e. The number of nitro groups is 1. The van der Waals surface area contributed by atoms with Crippen LogP contribution >= 0.6 is 35.0 Å². The molecule has 0 unspecified atom stereocenters. The molecule has 0 bridgehead atoms. The third kappa shape index (κ3) is 3.71. The van der Waals surface area contributed by atoms with Crippen molar-refractivity contribution >= 4 is 52.2 Å². The molecule has 22 heavy (non-hydrogen) atoms. The summed E-state index contributed by atoms with van der Waals surface area (Å²) in [5.74, 6) is -0.486. The van der Waals surface area contributed by atoms with Gasteiger partial charge in [0, 0.05) is 16.7 Å². The number of anilines is 1. The standard InChI is InChI=1S/C14H10Cl2N2O3S/c1-22-13-5-2-8(6-12(13)18(20)21)14(19)17-11-4-3-9(15)7-10(11)16/h2-7H,1H3,(H,17,19). The number of carbonyl (C=O) groups is 1. The van der Waals surface area contributed by atoms with E-state index in [9.17, 15) is 14.9 Å². The van der Waals surface area contributed by atoms with E-state index in [0.29, 0.717) is 15.6 Å². The predicted octanol–water partition coefficient (Wildman–Crippen LogP) is 4.88. The first kappa shape index (κ1) is 16.6. The summed E-state index contributed by atoms with van der Waals surface area (Å²) < 4.78 is 0. The third-order valence-electron chi connectivity index (χ3n) is 2.82. The van der Waals surface area contributed by atoms with E-state index in [1.54, 1.807) is 24.5 Å². The lowest BCUT2D eigenvalue weighted by Gasteiger charge is -2.08. The van der Waals surface area contributed by atoms with Gasteiger partial charge in [-0.1, -0.05) is 23.2 Å². The molecule has 8 heteroatoms. The Hall–Kier alpha value is -1.76. The lowest BCUT2D eigenvalue weighted by Crippen LogP contribution is -2.12. The van der Waals surface area contributed by atoms with Gasteiger partial charge in [0.2, 0.25) is 0 Å². The summed E-state index contributed by atoms with van der Waals surface area (Å²) >= 11 is 13.0. The minimum atomic E-state index is -0.516. The SMILES string of the molecule is CSc1ccc(C(=O)Nc2ccc(Cl)cc2Cl)cc1[N+](=O)[O-]. The summed E-state index contributed by atoms with van der Waals surface area (Å²) in [7, 11) is 0. The Kier molecular flexibility index (Phi) is 5.28. The third-order valence-corrected chi connectivity index (χ3v) is 4.15. The zero-order valence-corrected chi connectivity index (χ0v) is 13.6. The number of hydrogen-bond donors (Lipinski definition) is 1. The van der Waals surface area contributed by atoms with Gasteiger partial charge >= 0.3 is 0 Å². The van der Waals surface area contributed by atoms with Crippen molar-refractivity contribution in [3.8, 4) is 0 Å². The van der Waals surface area contributed by atoms with Gasteiger partial charge in [-0.25, -0.2) is 0 Å². The molecule has 0 spiro atoms. The first-order valence-electron chi connectivity index (χ1n) is 6.01. The van der Waals surface area contributed by atoms with Gasteiger partial charge in [-0.2, -0.15) is 0 Å². The van der Waals surface area contributed by atoms with Crippen LogP contribution in [-0.2, 0) is 0 Å². The maximum atomic E-state index is 12.2. The Bertz CT molecular complexity index is 753. The van der Waals surface area contributed by atoms with Gasteiger partial charge in [-0.05, 0) is 36.6 Å². The maximum absolute atomic E-state index is 12.2. The average Bonchev–Trinajstić information content (AvgIpc) is 2.49. The number of benzene rings is 2. The Balaban J connectivity index is 2.30. The van der Waals surface area contributed by atoms with Crippen LogP contribution in [0.15, 0.2) is 41.3 Å². The first-order chi connectivity index (χ1) is 10.4. The van der Waals surface area contributed by atoms with Crippen molar-refractivity contribution in [2.24, 2.45) is 0 Å². The Morgan fingerprint density at radius 3 is 2.55 bits per heavy atom. The summed E-state index contributed by atoms with van der Waals surface area (Å²) in [5.41, 5.74) is 0.450. The number of nitrogens with zero attached hydrogens (tertiary/aromatic N) is 1. The van der Waals surface area contributed by atoms with E-state index >= 15 is 0 Å². The molecule has 0 saturated carbocycles. The molecule has 114 valence electrons. The van der Waals surface area contributed by atoms with Crippen molar-refractivity contribution in [1.29, 1.82) is 0 Å². The monoisotopic (exact) mass is 356 g/mol. The highest BCUT2D eigenvalue weighted by Crippen LogP contribution is 2.29. The molecule has 2 aromatic rings. The van der Waals surface area contributed by atoms with Crippen LogP contribution in [0.2, 0.25) is 10.0 Å². The van der Waals surface area contributed by atoms with Crippen LogP contribution in [-0.4, -0.2) is 17.1 Å². The minimum absolute atomic E-state index is 0.109. The number of nitrogens with one attached hydrogen (secondary N) is 1. The second-order valence-corrected chi connectivity index (χ2v) is 5.91. The zero-order chi connectivity index (χ0) is 16.3. The molecule has 1 amide bonds. The highest BCUT2D eigenvalue weighted by molar-refractivity contribution is 7.98. The molecule has 5 nitrogen and oxygen atoms in total. The number of nitro benzene ring substituents is 1. The van der Waals surface area contributed by atoms with Gasteiger partial charge < -0.3 is 5.32 Å². The molecule has 0 saturated heterocycles. The van der Waals surface area contributed by atoms with E-state index in [1.165, 1.54) is 30.0 Å². The molecule has 2 rings (SSSR count). The highest BCUT2D eigenvalue weighted by Gasteiger charge is 2.17. The van der Waals surface area contributed by atoms with Gasteiger partial charge in [-0.3, -0.25) is 14.9 Å². The van der Waals surface area contributed by atoms with E-state index in [1.807, 2.05) is 0 Å². The van der Waals surface area contributed by atoms with Crippen molar-refractivity contribution in [3.63, 3.8) is 0 Å². The molecular formula is C14H10Cl2N2O3S. The van der Waals surface area contributed by atoms with Gasteiger partial charge in [0.15, 0.2) is 0 Å². The van der Waals surface area contributed by atoms with Gasteiger partial charge in [0.25, 0.3) is 11.6 Å². The number of hydrogen-bond acceptors (Lipinski definition) is 4. The fourth-order valence-corrected chi connectivity index (χ4v) is 2.76. The number of halogens is 2. The molecule has 0 radical (unpaired) electrons. The van der Waals surface area contributed by atoms with Crippen LogP contribution in [0.5, 0.6) is 0 Å². The van der Waals surface area contributed by atoms with Crippen LogP contribution in [0.1, 0.15) is 10.4 Å². The molecular weight excluding hydrogens is 347 g/mol. The fraction of sp³-hybridized carbons (Fsp3) is 0.0714. The molecule has 0 aromatic heterocycles. The Labute approximate surface area is 140 Å².